The quantitative estimate of drug-likeness (QED) is 0.534. The van der Waals surface area contributed by atoms with Crippen molar-refractivity contribution >= 4 is 11.6 Å². The maximum atomic E-state index is 10.7. The average Bonchev–Trinajstić information content (AvgIpc) is 2.73. The number of aliphatic hydroxyl groups is 1. The zero-order chi connectivity index (χ0) is 18.9. The van der Waals surface area contributed by atoms with Gasteiger partial charge in [0.1, 0.15) is 0 Å². The van der Waals surface area contributed by atoms with Crippen LogP contribution >= 0.6 is 11.6 Å². The summed E-state index contributed by atoms with van der Waals surface area (Å²) in [6.45, 7) is 1.53. The first-order valence-electron chi connectivity index (χ1n) is 9.36. The second-order valence-electron chi connectivity index (χ2n) is 6.85. The molecular weight excluding hydrogens is 354 g/mol. The van der Waals surface area contributed by atoms with Crippen molar-refractivity contribution in [3.05, 3.63) is 108 Å². The molecule has 1 N–H and O–H groups in total. The molecule has 0 fully saturated rings. The summed E-state index contributed by atoms with van der Waals surface area (Å²) in [4.78, 5) is 2.34. The standard InChI is InChI=1S/C24H26ClNO/c25-17-24(27)23(16-20-10-4-1-5-11-20)26(18-21-12-6-2-7-13-21)19-22-14-8-3-9-15-22/h1-15,23-24,27H,16-19H2/t23-,24-/m1/s1. The summed E-state index contributed by atoms with van der Waals surface area (Å²) < 4.78 is 0. The smallest absolute Gasteiger partial charge is 0.0833 e. The van der Waals surface area contributed by atoms with E-state index >= 15 is 0 Å². The molecule has 0 bridgehead atoms. The lowest BCUT2D eigenvalue weighted by Crippen LogP contribution is -2.45. The van der Waals surface area contributed by atoms with Crippen molar-refractivity contribution in [3.63, 3.8) is 0 Å². The number of hydrogen-bond donors (Lipinski definition) is 1. The van der Waals surface area contributed by atoms with Gasteiger partial charge in [-0.2, -0.15) is 0 Å². The molecule has 3 aromatic rings. The Hall–Kier alpha value is -2.13. The van der Waals surface area contributed by atoms with Gasteiger partial charge >= 0.3 is 0 Å². The molecule has 0 saturated carbocycles. The molecule has 3 heteroatoms. The molecule has 0 aliphatic rings. The van der Waals surface area contributed by atoms with Crippen LogP contribution in [0.1, 0.15) is 16.7 Å². The van der Waals surface area contributed by atoms with Crippen molar-refractivity contribution in [1.82, 2.24) is 4.90 Å². The Morgan fingerprint density at radius 1 is 0.667 bits per heavy atom. The predicted octanol–water partition coefficient (Wildman–Crippen LogP) is 4.90. The van der Waals surface area contributed by atoms with E-state index in [1.54, 1.807) is 0 Å². The van der Waals surface area contributed by atoms with E-state index in [-0.39, 0.29) is 11.9 Å². The van der Waals surface area contributed by atoms with Gasteiger partial charge < -0.3 is 5.11 Å². The molecule has 0 saturated heterocycles. The average molecular weight is 380 g/mol. The minimum absolute atomic E-state index is 0.0645. The minimum atomic E-state index is -0.598. The number of rotatable bonds is 9. The molecule has 0 aliphatic carbocycles. The number of alkyl halides is 1. The number of benzene rings is 3. The van der Waals surface area contributed by atoms with Crippen molar-refractivity contribution in [2.75, 3.05) is 5.88 Å². The van der Waals surface area contributed by atoms with E-state index < -0.39 is 6.10 Å². The van der Waals surface area contributed by atoms with Crippen LogP contribution in [0.15, 0.2) is 91.0 Å². The summed E-state index contributed by atoms with van der Waals surface area (Å²) in [6.07, 6.45) is 0.160. The second kappa shape index (κ2) is 10.3. The van der Waals surface area contributed by atoms with Crippen molar-refractivity contribution < 1.29 is 5.11 Å². The largest absolute Gasteiger partial charge is 0.390 e. The van der Waals surface area contributed by atoms with Gasteiger partial charge in [0.15, 0.2) is 0 Å². The van der Waals surface area contributed by atoms with Crippen molar-refractivity contribution in [2.45, 2.75) is 31.7 Å². The minimum Gasteiger partial charge on any atom is -0.390 e. The molecule has 0 unspecified atom stereocenters. The molecule has 27 heavy (non-hydrogen) atoms. The molecular formula is C24H26ClNO. The predicted molar refractivity (Wildman–Crippen MR) is 113 cm³/mol. The van der Waals surface area contributed by atoms with E-state index in [4.69, 9.17) is 11.6 Å². The first-order valence-corrected chi connectivity index (χ1v) is 9.89. The summed E-state index contributed by atoms with van der Waals surface area (Å²) >= 11 is 6.09. The third kappa shape index (κ3) is 5.93. The molecule has 2 atom stereocenters. The molecule has 0 aromatic heterocycles. The zero-order valence-electron chi connectivity index (χ0n) is 15.4. The normalized spacial score (nSPS) is 13.4. The molecule has 0 heterocycles. The molecule has 3 aromatic carbocycles. The fraction of sp³-hybridized carbons (Fsp3) is 0.250. The lowest BCUT2D eigenvalue weighted by Gasteiger charge is -2.35. The first kappa shape index (κ1) is 19.6. The van der Waals surface area contributed by atoms with E-state index in [0.29, 0.717) is 0 Å². The topological polar surface area (TPSA) is 23.5 Å². The Balaban J connectivity index is 1.88. The monoisotopic (exact) mass is 379 g/mol. The molecule has 0 spiro atoms. The Labute approximate surface area is 167 Å². The van der Waals surface area contributed by atoms with Crippen LogP contribution in [0.5, 0.6) is 0 Å². The highest BCUT2D eigenvalue weighted by molar-refractivity contribution is 6.18. The Kier molecular flexibility index (Phi) is 7.46. The van der Waals surface area contributed by atoms with E-state index in [1.165, 1.54) is 16.7 Å². The van der Waals surface area contributed by atoms with Crippen LogP contribution in [0.4, 0.5) is 0 Å². The fourth-order valence-corrected chi connectivity index (χ4v) is 3.60. The molecule has 2 nitrogen and oxygen atoms in total. The van der Waals surface area contributed by atoms with Crippen LogP contribution in [-0.4, -0.2) is 28.0 Å². The fourth-order valence-electron chi connectivity index (χ4n) is 3.39. The highest BCUT2D eigenvalue weighted by Gasteiger charge is 2.26. The molecule has 0 amide bonds. The third-order valence-corrected chi connectivity index (χ3v) is 5.13. The molecule has 0 radical (unpaired) electrons. The van der Waals surface area contributed by atoms with Gasteiger partial charge in [-0.25, -0.2) is 0 Å². The van der Waals surface area contributed by atoms with Gasteiger partial charge in [-0.3, -0.25) is 4.90 Å². The number of nitrogens with zero attached hydrogens (tertiary/aromatic N) is 1. The van der Waals surface area contributed by atoms with Gasteiger partial charge in [-0.05, 0) is 23.1 Å². The third-order valence-electron chi connectivity index (χ3n) is 4.82. The Morgan fingerprint density at radius 2 is 1.07 bits per heavy atom. The number of halogens is 1. The Bertz CT molecular complexity index is 738. The zero-order valence-corrected chi connectivity index (χ0v) is 16.2. The van der Waals surface area contributed by atoms with Gasteiger partial charge in [0.2, 0.25) is 0 Å². The van der Waals surface area contributed by atoms with Crippen molar-refractivity contribution in [2.24, 2.45) is 0 Å². The number of hydrogen-bond acceptors (Lipinski definition) is 2. The SMILES string of the molecule is O[C@H](CCl)[C@@H](Cc1ccccc1)N(Cc1ccccc1)Cc1ccccc1. The highest BCUT2D eigenvalue weighted by atomic mass is 35.5. The van der Waals surface area contributed by atoms with Crippen molar-refractivity contribution in [1.29, 1.82) is 0 Å². The summed E-state index contributed by atoms with van der Waals surface area (Å²) in [5.74, 6) is 0.220. The van der Waals surface area contributed by atoms with Gasteiger partial charge in [0, 0.05) is 25.0 Å². The molecule has 140 valence electrons. The Morgan fingerprint density at radius 3 is 1.48 bits per heavy atom. The van der Waals surface area contributed by atoms with Crippen LogP contribution < -0.4 is 0 Å². The molecule has 3 rings (SSSR count). The lowest BCUT2D eigenvalue weighted by molar-refractivity contribution is 0.0526. The van der Waals surface area contributed by atoms with Crippen LogP contribution in [0.3, 0.4) is 0 Å². The van der Waals surface area contributed by atoms with Crippen LogP contribution in [0.2, 0.25) is 0 Å². The summed E-state index contributed by atoms with van der Waals surface area (Å²) in [7, 11) is 0. The maximum absolute atomic E-state index is 10.7. The van der Waals surface area contributed by atoms with Crippen LogP contribution in [0.25, 0.3) is 0 Å². The maximum Gasteiger partial charge on any atom is 0.0833 e. The summed E-state index contributed by atoms with van der Waals surface area (Å²) in [6, 6.07) is 31.0. The highest BCUT2D eigenvalue weighted by Crippen LogP contribution is 2.20. The van der Waals surface area contributed by atoms with Gasteiger partial charge in [0.05, 0.1) is 6.10 Å². The number of aliphatic hydroxyl groups excluding tert-OH is 1. The molecule has 0 aliphatic heterocycles. The van der Waals surface area contributed by atoms with Crippen LogP contribution in [0, 0.1) is 0 Å². The van der Waals surface area contributed by atoms with Gasteiger partial charge in [0.25, 0.3) is 0 Å². The van der Waals surface area contributed by atoms with Gasteiger partial charge in [-0.15, -0.1) is 11.6 Å². The van der Waals surface area contributed by atoms with E-state index in [9.17, 15) is 5.11 Å². The lowest BCUT2D eigenvalue weighted by atomic mass is 9.99. The van der Waals surface area contributed by atoms with E-state index in [1.807, 2.05) is 30.3 Å². The van der Waals surface area contributed by atoms with E-state index in [0.717, 1.165) is 19.5 Å². The summed E-state index contributed by atoms with van der Waals surface area (Å²) in [5, 5.41) is 10.7. The van der Waals surface area contributed by atoms with Gasteiger partial charge in [-0.1, -0.05) is 91.0 Å². The summed E-state index contributed by atoms with van der Waals surface area (Å²) in [5.41, 5.74) is 3.67. The van der Waals surface area contributed by atoms with E-state index in [2.05, 4.69) is 65.6 Å². The first-order chi connectivity index (χ1) is 13.3. The van der Waals surface area contributed by atoms with Crippen LogP contribution in [-0.2, 0) is 19.5 Å². The second-order valence-corrected chi connectivity index (χ2v) is 7.16. The van der Waals surface area contributed by atoms with Crippen molar-refractivity contribution in [3.8, 4) is 0 Å².